The largest absolute Gasteiger partial charge is 0.396 e. The van der Waals surface area contributed by atoms with Gasteiger partial charge in [-0.2, -0.15) is 0 Å². The van der Waals surface area contributed by atoms with Crippen LogP contribution in [0.4, 0.5) is 4.39 Å². The van der Waals surface area contributed by atoms with Gasteiger partial charge in [-0.3, -0.25) is 4.90 Å². The van der Waals surface area contributed by atoms with Gasteiger partial charge in [0.15, 0.2) is 0 Å². The Morgan fingerprint density at radius 2 is 2.06 bits per heavy atom. The van der Waals surface area contributed by atoms with Gasteiger partial charge in [-0.25, -0.2) is 4.39 Å². The van der Waals surface area contributed by atoms with E-state index in [0.29, 0.717) is 0 Å². The molecule has 0 amide bonds. The molecule has 0 aliphatic carbocycles. The highest BCUT2D eigenvalue weighted by Crippen LogP contribution is 2.34. The van der Waals surface area contributed by atoms with Gasteiger partial charge in [0.25, 0.3) is 0 Å². The predicted molar refractivity (Wildman–Crippen MR) is 61.6 cm³/mol. The lowest BCUT2D eigenvalue weighted by Gasteiger charge is -2.38. The summed E-state index contributed by atoms with van der Waals surface area (Å²) in [6.07, 6.45) is 2.17. The highest BCUT2D eigenvalue weighted by Gasteiger charge is 2.29. The third-order valence-corrected chi connectivity index (χ3v) is 3.45. The number of hydrogen-bond donors (Lipinski definition) is 1. The van der Waals surface area contributed by atoms with E-state index in [1.165, 1.54) is 12.1 Å². The second-order valence-electron chi connectivity index (χ2n) is 4.56. The Balaban J connectivity index is 2.24. The summed E-state index contributed by atoms with van der Waals surface area (Å²) in [4.78, 5) is 2.25. The SMILES string of the molecule is CN1CCC[C@@H](CO)[C@@H]1c1ccc(F)cc1. The fourth-order valence-electron chi connectivity index (χ4n) is 2.64. The Hall–Kier alpha value is -0.930. The fourth-order valence-corrected chi connectivity index (χ4v) is 2.64. The van der Waals surface area contributed by atoms with E-state index in [9.17, 15) is 9.50 Å². The van der Waals surface area contributed by atoms with Crippen molar-refractivity contribution < 1.29 is 9.50 Å². The lowest BCUT2D eigenvalue weighted by atomic mass is 9.85. The van der Waals surface area contributed by atoms with Crippen LogP contribution in [-0.2, 0) is 0 Å². The lowest BCUT2D eigenvalue weighted by molar-refractivity contribution is 0.0742. The number of benzene rings is 1. The third-order valence-electron chi connectivity index (χ3n) is 3.45. The number of nitrogens with zero attached hydrogens (tertiary/aromatic N) is 1. The van der Waals surface area contributed by atoms with Gasteiger partial charge in [0, 0.05) is 18.6 Å². The first-order chi connectivity index (χ1) is 7.72. The van der Waals surface area contributed by atoms with E-state index in [1.54, 1.807) is 0 Å². The molecule has 16 heavy (non-hydrogen) atoms. The smallest absolute Gasteiger partial charge is 0.123 e. The minimum Gasteiger partial charge on any atom is -0.396 e. The van der Waals surface area contributed by atoms with Crippen molar-refractivity contribution in [3.63, 3.8) is 0 Å². The Morgan fingerprint density at radius 1 is 1.38 bits per heavy atom. The normalized spacial score (nSPS) is 26.9. The van der Waals surface area contributed by atoms with E-state index < -0.39 is 0 Å². The third kappa shape index (κ3) is 2.25. The van der Waals surface area contributed by atoms with E-state index in [0.717, 1.165) is 24.9 Å². The van der Waals surface area contributed by atoms with Gasteiger partial charge >= 0.3 is 0 Å². The summed E-state index contributed by atoms with van der Waals surface area (Å²) >= 11 is 0. The van der Waals surface area contributed by atoms with Crippen molar-refractivity contribution in [1.29, 1.82) is 0 Å². The van der Waals surface area contributed by atoms with Crippen LogP contribution in [-0.4, -0.2) is 30.2 Å². The van der Waals surface area contributed by atoms with E-state index in [4.69, 9.17) is 0 Å². The van der Waals surface area contributed by atoms with Crippen molar-refractivity contribution in [2.75, 3.05) is 20.2 Å². The molecule has 1 aromatic carbocycles. The lowest BCUT2D eigenvalue weighted by Crippen LogP contribution is -2.37. The number of piperidine rings is 1. The quantitative estimate of drug-likeness (QED) is 0.831. The van der Waals surface area contributed by atoms with Crippen LogP contribution >= 0.6 is 0 Å². The summed E-state index contributed by atoms with van der Waals surface area (Å²) < 4.78 is 12.9. The van der Waals surface area contributed by atoms with Gasteiger partial charge in [0.05, 0.1) is 0 Å². The number of hydrogen-bond acceptors (Lipinski definition) is 2. The first-order valence-electron chi connectivity index (χ1n) is 5.79. The number of aliphatic hydroxyl groups excluding tert-OH is 1. The average Bonchev–Trinajstić information content (AvgIpc) is 2.30. The van der Waals surface area contributed by atoms with Crippen molar-refractivity contribution in [2.24, 2.45) is 5.92 Å². The van der Waals surface area contributed by atoms with Crippen LogP contribution in [0.2, 0.25) is 0 Å². The molecule has 1 aromatic rings. The van der Waals surface area contributed by atoms with E-state index in [-0.39, 0.29) is 24.4 Å². The molecular formula is C13H18FNO. The summed E-state index contributed by atoms with van der Waals surface area (Å²) in [6.45, 7) is 1.24. The zero-order chi connectivity index (χ0) is 11.5. The molecule has 0 bridgehead atoms. The molecule has 0 radical (unpaired) electrons. The molecule has 1 aliphatic heterocycles. The standard InChI is InChI=1S/C13H18FNO/c1-15-8-2-3-11(9-16)13(15)10-4-6-12(14)7-5-10/h4-7,11,13,16H,2-3,8-9H2,1H3/t11-,13-/m0/s1. The molecule has 0 saturated carbocycles. The zero-order valence-corrected chi connectivity index (χ0v) is 9.56. The van der Waals surface area contributed by atoms with Crippen molar-refractivity contribution in [2.45, 2.75) is 18.9 Å². The zero-order valence-electron chi connectivity index (χ0n) is 9.56. The molecule has 2 atom stereocenters. The Morgan fingerprint density at radius 3 is 2.69 bits per heavy atom. The summed E-state index contributed by atoms with van der Waals surface area (Å²) in [6, 6.07) is 6.85. The van der Waals surface area contributed by atoms with Gasteiger partial charge in [0.1, 0.15) is 5.82 Å². The highest BCUT2D eigenvalue weighted by atomic mass is 19.1. The van der Waals surface area contributed by atoms with Crippen molar-refractivity contribution in [3.05, 3.63) is 35.6 Å². The van der Waals surface area contributed by atoms with Crippen LogP contribution in [0, 0.1) is 11.7 Å². The fraction of sp³-hybridized carbons (Fsp3) is 0.538. The van der Waals surface area contributed by atoms with Crippen LogP contribution in [0.5, 0.6) is 0 Å². The monoisotopic (exact) mass is 223 g/mol. The Kier molecular flexibility index (Phi) is 3.56. The molecule has 0 aromatic heterocycles. The van der Waals surface area contributed by atoms with Crippen LogP contribution in [0.25, 0.3) is 0 Å². The summed E-state index contributed by atoms with van der Waals surface area (Å²) in [5.41, 5.74) is 1.10. The highest BCUT2D eigenvalue weighted by molar-refractivity contribution is 5.21. The molecule has 0 unspecified atom stereocenters. The molecule has 88 valence electrons. The molecule has 1 saturated heterocycles. The van der Waals surface area contributed by atoms with E-state index >= 15 is 0 Å². The van der Waals surface area contributed by atoms with Gasteiger partial charge in [0.2, 0.25) is 0 Å². The second-order valence-corrected chi connectivity index (χ2v) is 4.56. The van der Waals surface area contributed by atoms with Crippen molar-refractivity contribution >= 4 is 0 Å². The van der Waals surface area contributed by atoms with Gasteiger partial charge in [-0.1, -0.05) is 12.1 Å². The van der Waals surface area contributed by atoms with Gasteiger partial charge in [-0.15, -0.1) is 0 Å². The molecule has 1 heterocycles. The average molecular weight is 223 g/mol. The summed E-state index contributed by atoms with van der Waals surface area (Å²) in [5, 5.41) is 9.39. The van der Waals surface area contributed by atoms with Crippen LogP contribution in [0.1, 0.15) is 24.4 Å². The first kappa shape index (κ1) is 11.6. The van der Waals surface area contributed by atoms with E-state index in [1.807, 2.05) is 12.1 Å². The number of likely N-dealkylation sites (tertiary alicyclic amines) is 1. The van der Waals surface area contributed by atoms with Crippen LogP contribution in [0.15, 0.2) is 24.3 Å². The topological polar surface area (TPSA) is 23.5 Å². The Labute approximate surface area is 95.7 Å². The minimum absolute atomic E-state index is 0.201. The number of aliphatic hydroxyl groups is 1. The van der Waals surface area contributed by atoms with Crippen molar-refractivity contribution in [1.82, 2.24) is 4.90 Å². The maximum atomic E-state index is 12.9. The molecule has 3 heteroatoms. The molecule has 2 rings (SSSR count). The molecule has 1 N–H and O–H groups in total. The Bertz CT molecular complexity index is 338. The van der Waals surface area contributed by atoms with Crippen LogP contribution < -0.4 is 0 Å². The van der Waals surface area contributed by atoms with Gasteiger partial charge < -0.3 is 5.11 Å². The van der Waals surface area contributed by atoms with Crippen molar-refractivity contribution in [3.8, 4) is 0 Å². The molecule has 1 aliphatic rings. The molecular weight excluding hydrogens is 205 g/mol. The van der Waals surface area contributed by atoms with Crippen LogP contribution in [0.3, 0.4) is 0 Å². The predicted octanol–water partition coefficient (Wildman–Crippen LogP) is 2.20. The second kappa shape index (κ2) is 4.93. The first-order valence-corrected chi connectivity index (χ1v) is 5.79. The maximum Gasteiger partial charge on any atom is 0.123 e. The summed E-state index contributed by atoms with van der Waals surface area (Å²) in [7, 11) is 2.07. The van der Waals surface area contributed by atoms with Gasteiger partial charge in [-0.05, 0) is 44.1 Å². The summed E-state index contributed by atoms with van der Waals surface area (Å²) in [5.74, 6) is 0.0620. The minimum atomic E-state index is -0.206. The number of halogens is 1. The molecule has 0 spiro atoms. The van der Waals surface area contributed by atoms with E-state index in [2.05, 4.69) is 11.9 Å². The molecule has 2 nitrogen and oxygen atoms in total. The molecule has 1 fully saturated rings. The number of rotatable bonds is 2. The maximum absolute atomic E-state index is 12.9.